The molecule has 1 aromatic carbocycles. The molecule has 0 bridgehead atoms. The van der Waals surface area contributed by atoms with Crippen LogP contribution in [0.4, 0.5) is 0 Å². The molecule has 2 aliphatic rings. The largest absolute Gasteiger partial charge is 0.376 e. The molecule has 1 atom stereocenters. The quantitative estimate of drug-likeness (QED) is 0.741. The van der Waals surface area contributed by atoms with E-state index in [1.165, 1.54) is 12.1 Å². The molecule has 8 heteroatoms. The number of rotatable bonds is 7. The predicted octanol–water partition coefficient (Wildman–Crippen LogP) is 1.30. The lowest BCUT2D eigenvalue weighted by Crippen LogP contribution is -2.39. The third-order valence-electron chi connectivity index (χ3n) is 4.82. The molecular weight excluding hydrogens is 356 g/mol. The fourth-order valence-electron chi connectivity index (χ4n) is 3.29. The van der Waals surface area contributed by atoms with Gasteiger partial charge in [0.2, 0.25) is 10.0 Å². The second-order valence-electron chi connectivity index (χ2n) is 6.81. The molecule has 26 heavy (non-hydrogen) atoms. The highest BCUT2D eigenvalue weighted by Gasteiger charge is 2.21. The molecule has 1 aromatic rings. The topological polar surface area (TPSA) is 93.7 Å². The van der Waals surface area contributed by atoms with Gasteiger partial charge in [0.05, 0.1) is 30.8 Å². The Balaban J connectivity index is 1.58. The number of sulfonamides is 1. The molecule has 0 radical (unpaired) electrons. The number of ether oxygens (including phenoxy) is 2. The van der Waals surface area contributed by atoms with E-state index in [0.717, 1.165) is 25.7 Å². The molecule has 3 rings (SSSR count). The minimum absolute atomic E-state index is 0.111. The zero-order valence-electron chi connectivity index (χ0n) is 14.8. The summed E-state index contributed by atoms with van der Waals surface area (Å²) in [4.78, 5) is 12.4. The monoisotopic (exact) mass is 382 g/mol. The number of amides is 1. The van der Waals surface area contributed by atoms with Gasteiger partial charge in [-0.1, -0.05) is 18.9 Å². The van der Waals surface area contributed by atoms with Crippen molar-refractivity contribution in [2.75, 3.05) is 32.9 Å². The third kappa shape index (κ3) is 5.26. The van der Waals surface area contributed by atoms with Crippen molar-refractivity contribution in [1.82, 2.24) is 10.0 Å². The average molecular weight is 382 g/mol. The van der Waals surface area contributed by atoms with Crippen molar-refractivity contribution >= 4 is 15.9 Å². The Bertz CT molecular complexity index is 710. The molecule has 1 amide bonds. The van der Waals surface area contributed by atoms with E-state index in [0.29, 0.717) is 44.4 Å². The fourth-order valence-corrected chi connectivity index (χ4v) is 4.45. The van der Waals surface area contributed by atoms with Crippen molar-refractivity contribution in [3.05, 3.63) is 29.8 Å². The van der Waals surface area contributed by atoms with E-state index in [4.69, 9.17) is 9.47 Å². The molecule has 7 nitrogen and oxygen atoms in total. The van der Waals surface area contributed by atoms with Gasteiger partial charge in [-0.2, -0.15) is 0 Å². The molecular formula is C18H26N2O5S. The van der Waals surface area contributed by atoms with Crippen LogP contribution in [-0.4, -0.2) is 53.3 Å². The number of nitrogens with one attached hydrogen (secondary N) is 2. The minimum atomic E-state index is -3.61. The lowest BCUT2D eigenvalue weighted by Gasteiger charge is -2.23. The van der Waals surface area contributed by atoms with Crippen LogP contribution in [0.5, 0.6) is 0 Å². The summed E-state index contributed by atoms with van der Waals surface area (Å²) in [7, 11) is -3.61. The molecule has 1 saturated carbocycles. The van der Waals surface area contributed by atoms with Crippen LogP contribution in [0.25, 0.3) is 0 Å². The Morgan fingerprint density at radius 3 is 2.69 bits per heavy atom. The first-order valence-corrected chi connectivity index (χ1v) is 10.6. The lowest BCUT2D eigenvalue weighted by atomic mass is 10.1. The maximum absolute atomic E-state index is 12.5. The van der Waals surface area contributed by atoms with Gasteiger partial charge in [0.15, 0.2) is 0 Å². The first kappa shape index (κ1) is 19.3. The maximum Gasteiger partial charge on any atom is 0.251 e. The highest BCUT2D eigenvalue weighted by atomic mass is 32.2. The maximum atomic E-state index is 12.5. The van der Waals surface area contributed by atoms with Crippen molar-refractivity contribution in [2.24, 2.45) is 5.92 Å². The van der Waals surface area contributed by atoms with Gasteiger partial charge in [0.1, 0.15) is 0 Å². The van der Waals surface area contributed by atoms with E-state index in [2.05, 4.69) is 10.0 Å². The summed E-state index contributed by atoms with van der Waals surface area (Å²) in [6, 6.07) is 6.10. The lowest BCUT2D eigenvalue weighted by molar-refractivity contribution is -0.0855. The number of carbonyl (C=O) groups is 1. The minimum Gasteiger partial charge on any atom is -0.376 e. The van der Waals surface area contributed by atoms with Crippen LogP contribution >= 0.6 is 0 Å². The number of benzene rings is 1. The van der Waals surface area contributed by atoms with Crippen LogP contribution < -0.4 is 10.0 Å². The predicted molar refractivity (Wildman–Crippen MR) is 96.5 cm³/mol. The first-order valence-electron chi connectivity index (χ1n) is 9.12. The number of carbonyl (C=O) groups excluding carboxylic acids is 1. The molecule has 2 N–H and O–H groups in total. The summed E-state index contributed by atoms with van der Waals surface area (Å²) < 4.78 is 38.4. The Morgan fingerprint density at radius 2 is 1.96 bits per heavy atom. The molecule has 1 aliphatic heterocycles. The summed E-state index contributed by atoms with van der Waals surface area (Å²) in [5.74, 6) is 0.0842. The van der Waals surface area contributed by atoms with Gasteiger partial charge in [-0.25, -0.2) is 13.1 Å². The van der Waals surface area contributed by atoms with Crippen molar-refractivity contribution in [3.63, 3.8) is 0 Å². The Morgan fingerprint density at radius 1 is 1.15 bits per heavy atom. The van der Waals surface area contributed by atoms with Crippen LogP contribution in [0.3, 0.4) is 0 Å². The van der Waals surface area contributed by atoms with Crippen LogP contribution in [0.1, 0.15) is 36.0 Å². The summed E-state index contributed by atoms with van der Waals surface area (Å²) in [5, 5.41) is 2.76. The Hall–Kier alpha value is -1.48. The van der Waals surface area contributed by atoms with Crippen LogP contribution in [0.2, 0.25) is 0 Å². The second kappa shape index (κ2) is 8.94. The van der Waals surface area contributed by atoms with Gasteiger partial charge >= 0.3 is 0 Å². The second-order valence-corrected chi connectivity index (χ2v) is 8.57. The first-order chi connectivity index (χ1) is 12.5. The third-order valence-corrected chi connectivity index (χ3v) is 6.24. The molecule has 0 aromatic heterocycles. The normalized spacial score (nSPS) is 21.6. The van der Waals surface area contributed by atoms with E-state index < -0.39 is 10.0 Å². The van der Waals surface area contributed by atoms with E-state index in [9.17, 15) is 13.2 Å². The molecule has 2 fully saturated rings. The van der Waals surface area contributed by atoms with Gasteiger partial charge in [-0.3, -0.25) is 4.79 Å². The van der Waals surface area contributed by atoms with Crippen molar-refractivity contribution in [3.8, 4) is 0 Å². The van der Waals surface area contributed by atoms with E-state index in [1.807, 2.05) is 0 Å². The highest BCUT2D eigenvalue weighted by Crippen LogP contribution is 2.24. The zero-order valence-corrected chi connectivity index (χ0v) is 15.6. The number of hydrogen-bond donors (Lipinski definition) is 2. The molecule has 0 spiro atoms. The van der Waals surface area contributed by atoms with Crippen LogP contribution in [-0.2, 0) is 19.5 Å². The summed E-state index contributed by atoms with van der Waals surface area (Å²) in [5.41, 5.74) is 0.311. The SMILES string of the molecule is O=C(NCC1COCCO1)c1cccc(S(=O)(=O)NCC2CCCC2)c1. The smallest absolute Gasteiger partial charge is 0.251 e. The van der Waals surface area contributed by atoms with Crippen LogP contribution in [0, 0.1) is 5.92 Å². The molecule has 1 unspecified atom stereocenters. The summed E-state index contributed by atoms with van der Waals surface area (Å²) in [6.07, 6.45) is 4.29. The van der Waals surface area contributed by atoms with Crippen molar-refractivity contribution in [1.29, 1.82) is 0 Å². The average Bonchev–Trinajstić information content (AvgIpc) is 3.19. The molecule has 1 heterocycles. The van der Waals surface area contributed by atoms with Crippen LogP contribution in [0.15, 0.2) is 29.2 Å². The van der Waals surface area contributed by atoms with Gasteiger partial charge in [-0.15, -0.1) is 0 Å². The Labute approximate surface area is 154 Å². The Kier molecular flexibility index (Phi) is 6.63. The van der Waals surface area contributed by atoms with Gasteiger partial charge < -0.3 is 14.8 Å². The van der Waals surface area contributed by atoms with Gasteiger partial charge in [0.25, 0.3) is 5.91 Å². The zero-order chi connectivity index (χ0) is 18.4. The fraction of sp³-hybridized carbons (Fsp3) is 0.611. The van der Waals surface area contributed by atoms with E-state index >= 15 is 0 Å². The standard InChI is InChI=1S/C18H26N2O5S/c21-18(19-12-16-13-24-8-9-25-16)15-6-3-7-17(10-15)26(22,23)20-11-14-4-1-2-5-14/h3,6-7,10,14,16,20H,1-2,4-5,8-9,11-13H2,(H,19,21). The van der Waals surface area contributed by atoms with Gasteiger partial charge in [-0.05, 0) is 37.0 Å². The molecule has 1 saturated heterocycles. The highest BCUT2D eigenvalue weighted by molar-refractivity contribution is 7.89. The molecule has 1 aliphatic carbocycles. The van der Waals surface area contributed by atoms with Gasteiger partial charge in [0, 0.05) is 18.7 Å². The molecule has 144 valence electrons. The van der Waals surface area contributed by atoms with Crippen molar-refractivity contribution < 1.29 is 22.7 Å². The summed E-state index contributed by atoms with van der Waals surface area (Å²) in [6.45, 7) is 2.31. The number of hydrogen-bond acceptors (Lipinski definition) is 5. The van der Waals surface area contributed by atoms with Crippen molar-refractivity contribution in [2.45, 2.75) is 36.7 Å². The summed E-state index contributed by atoms with van der Waals surface area (Å²) >= 11 is 0. The van der Waals surface area contributed by atoms with E-state index in [-0.39, 0.29) is 16.9 Å². The van der Waals surface area contributed by atoms with E-state index in [1.54, 1.807) is 12.1 Å².